The zero-order valence-electron chi connectivity index (χ0n) is 7.94. The molecular weight excluding hydrogens is 202 g/mol. The number of aliphatic hydroxyl groups excluding tert-OH is 1. The van der Waals surface area contributed by atoms with E-state index in [1.165, 1.54) is 0 Å². The monoisotopic (exact) mass is 213 g/mol. The molecule has 4 nitrogen and oxygen atoms in total. The summed E-state index contributed by atoms with van der Waals surface area (Å²) < 4.78 is 0. The molecule has 14 heavy (non-hydrogen) atoms. The van der Waals surface area contributed by atoms with Crippen LogP contribution in [-0.4, -0.2) is 34.3 Å². The van der Waals surface area contributed by atoms with Gasteiger partial charge in [-0.25, -0.2) is 9.97 Å². The lowest BCUT2D eigenvalue weighted by Gasteiger charge is -2.15. The number of hydrogen-bond donors (Lipinski definition) is 1. The van der Waals surface area contributed by atoms with Crippen molar-refractivity contribution < 1.29 is 5.11 Å². The Labute approximate surface area is 87.5 Å². The Morgan fingerprint density at radius 2 is 2.43 bits per heavy atom. The van der Waals surface area contributed by atoms with Gasteiger partial charge in [0.05, 0.1) is 6.10 Å². The molecule has 0 aliphatic carbocycles. The van der Waals surface area contributed by atoms with Gasteiger partial charge >= 0.3 is 0 Å². The van der Waals surface area contributed by atoms with Crippen molar-refractivity contribution in [2.75, 3.05) is 18.0 Å². The number of β-amino-alcohol motifs (C(OH)–C–C–N with tert-alkyl or cyclic N) is 1. The molecule has 1 aromatic heterocycles. The van der Waals surface area contributed by atoms with E-state index in [0.29, 0.717) is 17.6 Å². The van der Waals surface area contributed by atoms with Gasteiger partial charge in [-0.1, -0.05) is 11.6 Å². The third kappa shape index (κ3) is 1.81. The van der Waals surface area contributed by atoms with E-state index >= 15 is 0 Å². The largest absolute Gasteiger partial charge is 0.391 e. The van der Waals surface area contributed by atoms with E-state index < -0.39 is 0 Å². The van der Waals surface area contributed by atoms with Crippen molar-refractivity contribution in [3.8, 4) is 0 Å². The van der Waals surface area contributed by atoms with Crippen LogP contribution < -0.4 is 4.90 Å². The van der Waals surface area contributed by atoms with Crippen molar-refractivity contribution >= 4 is 17.5 Å². The average molecular weight is 214 g/mol. The number of rotatable bonds is 1. The normalized spacial score (nSPS) is 21.6. The summed E-state index contributed by atoms with van der Waals surface area (Å²) in [5.41, 5.74) is 0.871. The van der Waals surface area contributed by atoms with Gasteiger partial charge in [-0.3, -0.25) is 0 Å². The van der Waals surface area contributed by atoms with Crippen LogP contribution in [0.5, 0.6) is 0 Å². The molecule has 1 N–H and O–H groups in total. The molecule has 0 unspecified atom stereocenters. The maximum absolute atomic E-state index is 9.35. The maximum atomic E-state index is 9.35. The second-order valence-electron chi connectivity index (χ2n) is 3.53. The SMILES string of the molecule is Cc1cnc(N2CC[C@H](O)C2)nc1Cl. The van der Waals surface area contributed by atoms with Gasteiger partial charge < -0.3 is 10.0 Å². The first kappa shape index (κ1) is 9.68. The molecule has 2 rings (SSSR count). The predicted octanol–water partition coefficient (Wildman–Crippen LogP) is 1.01. The number of hydrogen-bond acceptors (Lipinski definition) is 4. The quantitative estimate of drug-likeness (QED) is 0.708. The smallest absolute Gasteiger partial charge is 0.226 e. The minimum absolute atomic E-state index is 0.265. The molecule has 1 aliphatic heterocycles. The first-order valence-electron chi connectivity index (χ1n) is 4.59. The zero-order valence-corrected chi connectivity index (χ0v) is 8.70. The third-order valence-electron chi connectivity index (χ3n) is 2.34. The molecule has 1 saturated heterocycles. The van der Waals surface area contributed by atoms with E-state index in [4.69, 9.17) is 11.6 Å². The average Bonchev–Trinajstić information content (AvgIpc) is 2.57. The van der Waals surface area contributed by atoms with Crippen LogP contribution >= 0.6 is 11.6 Å². The van der Waals surface area contributed by atoms with Crippen LogP contribution in [0.2, 0.25) is 5.15 Å². The molecule has 0 radical (unpaired) electrons. The summed E-state index contributed by atoms with van der Waals surface area (Å²) in [5.74, 6) is 0.608. The van der Waals surface area contributed by atoms with E-state index in [0.717, 1.165) is 18.5 Å². The van der Waals surface area contributed by atoms with Crippen LogP contribution in [0.25, 0.3) is 0 Å². The molecule has 0 amide bonds. The molecule has 2 heterocycles. The van der Waals surface area contributed by atoms with Gasteiger partial charge in [-0.2, -0.15) is 0 Å². The minimum Gasteiger partial charge on any atom is -0.391 e. The van der Waals surface area contributed by atoms with Gasteiger partial charge in [0.15, 0.2) is 0 Å². The van der Waals surface area contributed by atoms with Crippen molar-refractivity contribution in [2.45, 2.75) is 19.4 Å². The first-order valence-corrected chi connectivity index (χ1v) is 4.97. The van der Waals surface area contributed by atoms with Crippen molar-refractivity contribution in [3.05, 3.63) is 16.9 Å². The summed E-state index contributed by atoms with van der Waals surface area (Å²) in [6, 6.07) is 0. The summed E-state index contributed by atoms with van der Waals surface area (Å²) in [4.78, 5) is 10.3. The summed E-state index contributed by atoms with van der Waals surface area (Å²) in [6.07, 6.45) is 2.21. The van der Waals surface area contributed by atoms with E-state index in [9.17, 15) is 5.11 Å². The van der Waals surface area contributed by atoms with Crippen molar-refractivity contribution in [2.24, 2.45) is 0 Å². The molecule has 0 spiro atoms. The lowest BCUT2D eigenvalue weighted by Crippen LogP contribution is -2.23. The molecule has 0 saturated carbocycles. The molecule has 1 atom stereocenters. The number of aryl methyl sites for hydroxylation is 1. The van der Waals surface area contributed by atoms with Gasteiger partial charge in [0.1, 0.15) is 5.15 Å². The van der Waals surface area contributed by atoms with Crippen LogP contribution in [0, 0.1) is 6.92 Å². The Kier molecular flexibility index (Phi) is 2.56. The summed E-state index contributed by atoms with van der Waals surface area (Å²) in [6.45, 7) is 3.25. The van der Waals surface area contributed by atoms with E-state index in [1.807, 2.05) is 11.8 Å². The van der Waals surface area contributed by atoms with Crippen molar-refractivity contribution in [3.63, 3.8) is 0 Å². The Balaban J connectivity index is 2.20. The van der Waals surface area contributed by atoms with Gasteiger partial charge in [-0.05, 0) is 13.3 Å². The lowest BCUT2D eigenvalue weighted by atomic mass is 10.3. The third-order valence-corrected chi connectivity index (χ3v) is 2.73. The molecule has 1 fully saturated rings. The maximum Gasteiger partial charge on any atom is 0.226 e. The van der Waals surface area contributed by atoms with Crippen LogP contribution in [0.3, 0.4) is 0 Å². The number of aromatic nitrogens is 2. The lowest BCUT2D eigenvalue weighted by molar-refractivity contribution is 0.198. The molecular formula is C9H12ClN3O. The Morgan fingerprint density at radius 1 is 1.64 bits per heavy atom. The fourth-order valence-corrected chi connectivity index (χ4v) is 1.61. The van der Waals surface area contributed by atoms with Gasteiger partial charge in [0.25, 0.3) is 0 Å². The van der Waals surface area contributed by atoms with Gasteiger partial charge in [-0.15, -0.1) is 0 Å². The van der Waals surface area contributed by atoms with Crippen LogP contribution in [0.4, 0.5) is 5.95 Å². The van der Waals surface area contributed by atoms with Gasteiger partial charge in [0.2, 0.25) is 5.95 Å². The number of nitrogens with zero attached hydrogens (tertiary/aromatic N) is 3. The Morgan fingerprint density at radius 3 is 3.00 bits per heavy atom. The standard InChI is InChI=1S/C9H12ClN3O/c1-6-4-11-9(12-8(6)10)13-3-2-7(14)5-13/h4,7,14H,2-3,5H2,1H3/t7-/m0/s1. The second-order valence-corrected chi connectivity index (χ2v) is 3.89. The van der Waals surface area contributed by atoms with E-state index in [1.54, 1.807) is 6.20 Å². The van der Waals surface area contributed by atoms with Crippen molar-refractivity contribution in [1.29, 1.82) is 0 Å². The van der Waals surface area contributed by atoms with E-state index in [-0.39, 0.29) is 6.10 Å². The van der Waals surface area contributed by atoms with Gasteiger partial charge in [0, 0.05) is 24.8 Å². The molecule has 5 heteroatoms. The van der Waals surface area contributed by atoms with Crippen LogP contribution in [0.1, 0.15) is 12.0 Å². The molecule has 1 aromatic rings. The highest BCUT2D eigenvalue weighted by atomic mass is 35.5. The highest BCUT2D eigenvalue weighted by Crippen LogP contribution is 2.19. The second kappa shape index (κ2) is 3.71. The number of aliphatic hydroxyl groups is 1. The van der Waals surface area contributed by atoms with Crippen LogP contribution in [0.15, 0.2) is 6.20 Å². The fraction of sp³-hybridized carbons (Fsp3) is 0.556. The topological polar surface area (TPSA) is 49.2 Å². The predicted molar refractivity (Wildman–Crippen MR) is 54.6 cm³/mol. The summed E-state index contributed by atoms with van der Waals surface area (Å²) in [5, 5.41) is 9.84. The summed E-state index contributed by atoms with van der Waals surface area (Å²) >= 11 is 5.89. The Bertz CT molecular complexity index is 345. The first-order chi connectivity index (χ1) is 6.66. The molecule has 0 bridgehead atoms. The Hall–Kier alpha value is -0.870. The molecule has 0 aromatic carbocycles. The summed E-state index contributed by atoms with van der Waals surface area (Å²) in [7, 11) is 0. The number of anilines is 1. The minimum atomic E-state index is -0.265. The van der Waals surface area contributed by atoms with Crippen LogP contribution in [-0.2, 0) is 0 Å². The highest BCUT2D eigenvalue weighted by Gasteiger charge is 2.22. The van der Waals surface area contributed by atoms with Crippen molar-refractivity contribution in [1.82, 2.24) is 9.97 Å². The fourth-order valence-electron chi connectivity index (χ4n) is 1.49. The molecule has 1 aliphatic rings. The highest BCUT2D eigenvalue weighted by molar-refractivity contribution is 6.30. The zero-order chi connectivity index (χ0) is 10.1. The number of halogens is 1. The molecule has 76 valence electrons. The van der Waals surface area contributed by atoms with E-state index in [2.05, 4.69) is 9.97 Å².